The lowest BCUT2D eigenvalue weighted by atomic mass is 10.0. The summed E-state index contributed by atoms with van der Waals surface area (Å²) in [5.41, 5.74) is 3.05. The number of hydrogen-bond acceptors (Lipinski definition) is 4. The van der Waals surface area contributed by atoms with E-state index in [0.717, 1.165) is 23.3 Å². The maximum atomic E-state index is 12.6. The lowest BCUT2D eigenvalue weighted by molar-refractivity contribution is 0.0930. The molecule has 0 aliphatic carbocycles. The summed E-state index contributed by atoms with van der Waals surface area (Å²) < 4.78 is 10.7. The minimum Gasteiger partial charge on any atom is -0.454 e. The van der Waals surface area contributed by atoms with Gasteiger partial charge in [0.05, 0.1) is 11.7 Å². The van der Waals surface area contributed by atoms with Crippen molar-refractivity contribution in [2.24, 2.45) is 0 Å². The zero-order chi connectivity index (χ0) is 17.9. The Morgan fingerprint density at radius 3 is 2.77 bits per heavy atom. The first-order chi connectivity index (χ1) is 12.7. The highest BCUT2D eigenvalue weighted by atomic mass is 16.7. The number of amides is 1. The summed E-state index contributed by atoms with van der Waals surface area (Å²) >= 11 is 0. The van der Waals surface area contributed by atoms with Gasteiger partial charge in [-0.3, -0.25) is 9.89 Å². The predicted octanol–water partition coefficient (Wildman–Crippen LogP) is 3.69. The van der Waals surface area contributed by atoms with Gasteiger partial charge in [-0.25, -0.2) is 0 Å². The summed E-state index contributed by atoms with van der Waals surface area (Å²) in [4.78, 5) is 12.6. The van der Waals surface area contributed by atoms with Gasteiger partial charge in [-0.15, -0.1) is 0 Å². The van der Waals surface area contributed by atoms with E-state index >= 15 is 0 Å². The Bertz CT molecular complexity index is 921. The summed E-state index contributed by atoms with van der Waals surface area (Å²) in [5, 5.41) is 10.1. The molecule has 26 heavy (non-hydrogen) atoms. The van der Waals surface area contributed by atoms with Crippen LogP contribution in [0.2, 0.25) is 0 Å². The molecule has 4 rings (SSSR count). The summed E-state index contributed by atoms with van der Waals surface area (Å²) in [6, 6.07) is 17.2. The third-order valence-electron chi connectivity index (χ3n) is 4.41. The molecule has 0 radical (unpaired) electrons. The van der Waals surface area contributed by atoms with Crippen LogP contribution in [0.15, 0.2) is 54.6 Å². The normalized spacial score (nSPS) is 13.4. The van der Waals surface area contributed by atoms with Crippen molar-refractivity contribution < 1.29 is 14.3 Å². The number of nitrogens with one attached hydrogen (secondary N) is 2. The third-order valence-corrected chi connectivity index (χ3v) is 4.41. The first-order valence-electron chi connectivity index (χ1n) is 8.56. The van der Waals surface area contributed by atoms with Gasteiger partial charge in [0.25, 0.3) is 5.91 Å². The van der Waals surface area contributed by atoms with Gasteiger partial charge in [-0.1, -0.05) is 37.3 Å². The van der Waals surface area contributed by atoms with Gasteiger partial charge >= 0.3 is 0 Å². The van der Waals surface area contributed by atoms with Gasteiger partial charge in [0.2, 0.25) is 6.79 Å². The first-order valence-corrected chi connectivity index (χ1v) is 8.56. The lowest BCUT2D eigenvalue weighted by Gasteiger charge is -2.16. The van der Waals surface area contributed by atoms with Crippen LogP contribution >= 0.6 is 0 Å². The molecule has 1 aromatic heterocycles. The van der Waals surface area contributed by atoms with Gasteiger partial charge in [0.15, 0.2) is 11.5 Å². The summed E-state index contributed by atoms with van der Waals surface area (Å²) in [5.74, 6) is 1.22. The molecule has 0 saturated heterocycles. The third kappa shape index (κ3) is 3.13. The van der Waals surface area contributed by atoms with Gasteiger partial charge in [-0.05, 0) is 36.2 Å². The number of aromatic amines is 1. The van der Waals surface area contributed by atoms with Crippen LogP contribution < -0.4 is 14.8 Å². The number of aromatic nitrogens is 2. The Kier molecular flexibility index (Phi) is 4.31. The van der Waals surface area contributed by atoms with Crippen LogP contribution in [0.4, 0.5) is 0 Å². The van der Waals surface area contributed by atoms with E-state index in [4.69, 9.17) is 9.47 Å². The van der Waals surface area contributed by atoms with Crippen molar-refractivity contribution in [1.29, 1.82) is 0 Å². The second kappa shape index (κ2) is 6.92. The molecule has 6 nitrogen and oxygen atoms in total. The number of nitrogens with zero attached hydrogens (tertiary/aromatic N) is 1. The quantitative estimate of drug-likeness (QED) is 0.737. The van der Waals surface area contributed by atoms with Crippen LogP contribution in [0.5, 0.6) is 11.5 Å². The van der Waals surface area contributed by atoms with E-state index in [0.29, 0.717) is 17.1 Å². The fourth-order valence-electron chi connectivity index (χ4n) is 2.98. The van der Waals surface area contributed by atoms with Gasteiger partial charge in [0.1, 0.15) is 5.69 Å². The molecular formula is C20H19N3O3. The Morgan fingerprint density at radius 2 is 1.96 bits per heavy atom. The van der Waals surface area contributed by atoms with Crippen molar-refractivity contribution in [3.8, 4) is 22.8 Å². The molecule has 2 aromatic carbocycles. The number of ether oxygens (including phenoxy) is 2. The minimum atomic E-state index is -0.180. The SMILES string of the molecule is CCC(NC(=O)c1cc(-c2ccc3c(c2)OCO3)n[nH]1)c1ccccc1. The fourth-order valence-corrected chi connectivity index (χ4v) is 2.98. The number of carbonyl (C=O) groups excluding carboxylic acids is 1. The number of fused-ring (bicyclic) bond motifs is 1. The van der Waals surface area contributed by atoms with E-state index in [-0.39, 0.29) is 18.7 Å². The molecule has 0 saturated carbocycles. The van der Waals surface area contributed by atoms with E-state index in [9.17, 15) is 4.79 Å². The smallest absolute Gasteiger partial charge is 0.269 e. The highest BCUT2D eigenvalue weighted by Gasteiger charge is 2.18. The van der Waals surface area contributed by atoms with Crippen molar-refractivity contribution in [2.75, 3.05) is 6.79 Å². The topological polar surface area (TPSA) is 76.2 Å². The van der Waals surface area contributed by atoms with Crippen LogP contribution in [0.1, 0.15) is 35.4 Å². The monoisotopic (exact) mass is 349 g/mol. The largest absolute Gasteiger partial charge is 0.454 e. The molecule has 1 aliphatic heterocycles. The van der Waals surface area contributed by atoms with Gasteiger partial charge < -0.3 is 14.8 Å². The number of hydrogen-bond donors (Lipinski definition) is 2. The summed E-state index contributed by atoms with van der Waals surface area (Å²) in [7, 11) is 0. The van der Waals surface area contributed by atoms with Crippen molar-refractivity contribution in [3.63, 3.8) is 0 Å². The average molecular weight is 349 g/mol. The molecule has 0 fully saturated rings. The molecule has 2 N–H and O–H groups in total. The number of benzene rings is 2. The molecule has 1 unspecified atom stereocenters. The highest BCUT2D eigenvalue weighted by Crippen LogP contribution is 2.35. The molecule has 1 aliphatic rings. The van der Waals surface area contributed by atoms with E-state index in [1.165, 1.54) is 0 Å². The fraction of sp³-hybridized carbons (Fsp3) is 0.200. The summed E-state index contributed by atoms with van der Waals surface area (Å²) in [6.07, 6.45) is 0.804. The number of carbonyl (C=O) groups is 1. The van der Waals surface area contributed by atoms with Crippen LogP contribution in [-0.2, 0) is 0 Å². The standard InChI is InChI=1S/C20H19N3O3/c1-2-15(13-6-4-3-5-7-13)21-20(24)17-11-16(22-23-17)14-8-9-18-19(10-14)26-12-25-18/h3-11,15H,2,12H2,1H3,(H,21,24)(H,22,23). The van der Waals surface area contributed by atoms with E-state index < -0.39 is 0 Å². The maximum Gasteiger partial charge on any atom is 0.269 e. The summed E-state index contributed by atoms with van der Waals surface area (Å²) in [6.45, 7) is 2.27. The van der Waals surface area contributed by atoms with Crippen molar-refractivity contribution in [2.45, 2.75) is 19.4 Å². The van der Waals surface area contributed by atoms with Crippen molar-refractivity contribution >= 4 is 5.91 Å². The van der Waals surface area contributed by atoms with Crippen LogP contribution in [-0.4, -0.2) is 22.9 Å². The Labute approximate surface area is 151 Å². The first kappa shape index (κ1) is 16.2. The van der Waals surface area contributed by atoms with Crippen molar-refractivity contribution in [3.05, 3.63) is 65.9 Å². The molecule has 0 spiro atoms. The number of rotatable bonds is 5. The van der Waals surface area contributed by atoms with Crippen molar-refractivity contribution in [1.82, 2.24) is 15.5 Å². The second-order valence-electron chi connectivity index (χ2n) is 6.08. The van der Waals surface area contributed by atoms with Gasteiger partial charge in [-0.2, -0.15) is 5.10 Å². The molecule has 0 bridgehead atoms. The minimum absolute atomic E-state index is 0.0407. The Morgan fingerprint density at radius 1 is 1.15 bits per heavy atom. The second-order valence-corrected chi connectivity index (χ2v) is 6.08. The highest BCUT2D eigenvalue weighted by molar-refractivity contribution is 5.93. The van der Waals surface area contributed by atoms with E-state index in [2.05, 4.69) is 15.5 Å². The van der Waals surface area contributed by atoms with E-state index in [1.807, 2.05) is 55.5 Å². The van der Waals surface area contributed by atoms with Crippen LogP contribution in [0, 0.1) is 0 Å². The zero-order valence-corrected chi connectivity index (χ0v) is 14.4. The van der Waals surface area contributed by atoms with Crippen LogP contribution in [0.3, 0.4) is 0 Å². The molecule has 6 heteroatoms. The molecular weight excluding hydrogens is 330 g/mol. The van der Waals surface area contributed by atoms with Gasteiger partial charge in [0, 0.05) is 5.56 Å². The van der Waals surface area contributed by atoms with E-state index in [1.54, 1.807) is 6.07 Å². The Hall–Kier alpha value is -3.28. The molecule has 3 aromatic rings. The predicted molar refractivity (Wildman–Crippen MR) is 97.1 cm³/mol. The lowest BCUT2D eigenvalue weighted by Crippen LogP contribution is -2.28. The molecule has 2 heterocycles. The molecule has 132 valence electrons. The number of H-pyrrole nitrogens is 1. The average Bonchev–Trinajstić information content (AvgIpc) is 3.35. The Balaban J connectivity index is 1.51. The molecule has 1 atom stereocenters. The maximum absolute atomic E-state index is 12.6. The zero-order valence-electron chi connectivity index (χ0n) is 14.4. The molecule has 1 amide bonds. The van der Waals surface area contributed by atoms with Crippen LogP contribution in [0.25, 0.3) is 11.3 Å².